The van der Waals surface area contributed by atoms with E-state index in [1.165, 1.54) is 32.3 Å². The summed E-state index contributed by atoms with van der Waals surface area (Å²) in [5.41, 5.74) is 8.02. The van der Waals surface area contributed by atoms with Gasteiger partial charge in [-0.2, -0.15) is 0 Å². The normalized spacial score (nSPS) is 11.9. The van der Waals surface area contributed by atoms with Crippen molar-refractivity contribution in [1.29, 1.82) is 0 Å². The van der Waals surface area contributed by atoms with Gasteiger partial charge in [0.05, 0.1) is 22.7 Å². The predicted octanol–water partition coefficient (Wildman–Crippen LogP) is 12.9. The van der Waals surface area contributed by atoms with Gasteiger partial charge < -0.3 is 13.7 Å². The summed E-state index contributed by atoms with van der Waals surface area (Å²) in [5, 5.41) is 11.5. The van der Waals surface area contributed by atoms with Crippen LogP contribution in [0.15, 0.2) is 173 Å². The molecule has 11 rings (SSSR count). The molecule has 7 aromatic carbocycles. The van der Waals surface area contributed by atoms with E-state index in [9.17, 15) is 0 Å². The number of anilines is 3. The minimum Gasteiger partial charge on any atom is -0.454 e. The Kier molecular flexibility index (Phi) is 5.89. The third-order valence-corrected chi connectivity index (χ3v) is 10.2. The van der Waals surface area contributed by atoms with Gasteiger partial charge in [-0.05, 0) is 92.0 Å². The zero-order valence-corrected chi connectivity index (χ0v) is 27.2. The van der Waals surface area contributed by atoms with Crippen LogP contribution >= 0.6 is 0 Å². The molecule has 0 N–H and O–H groups in total. The Bertz CT molecular complexity index is 3120. The van der Waals surface area contributed by atoms with Crippen molar-refractivity contribution >= 4 is 93.4 Å². The van der Waals surface area contributed by atoms with Gasteiger partial charge in [0.25, 0.3) is 0 Å². The first-order valence-corrected chi connectivity index (χ1v) is 17.1. The second kappa shape index (κ2) is 10.8. The van der Waals surface area contributed by atoms with E-state index in [4.69, 9.17) is 13.8 Å². The molecule has 0 amide bonds. The smallest absolute Gasteiger partial charge is 0.227 e. The van der Waals surface area contributed by atoms with Crippen molar-refractivity contribution in [3.8, 4) is 11.1 Å². The minimum absolute atomic E-state index is 0.604. The molecular formula is C46H27N3O2. The van der Waals surface area contributed by atoms with Crippen LogP contribution in [0.5, 0.6) is 0 Å². The second-order valence-electron chi connectivity index (χ2n) is 13.0. The van der Waals surface area contributed by atoms with Gasteiger partial charge in [-0.3, -0.25) is 4.98 Å². The zero-order valence-electron chi connectivity index (χ0n) is 27.2. The third-order valence-electron chi connectivity index (χ3n) is 10.2. The monoisotopic (exact) mass is 653 g/mol. The lowest BCUT2D eigenvalue weighted by molar-refractivity contribution is 0.654. The average Bonchev–Trinajstić information content (AvgIpc) is 3.78. The van der Waals surface area contributed by atoms with Gasteiger partial charge in [0.15, 0.2) is 5.58 Å². The highest BCUT2D eigenvalue weighted by Crippen LogP contribution is 2.46. The zero-order chi connectivity index (χ0) is 33.5. The summed E-state index contributed by atoms with van der Waals surface area (Å²) in [7, 11) is 0. The maximum Gasteiger partial charge on any atom is 0.227 e. The van der Waals surface area contributed by atoms with Crippen molar-refractivity contribution in [2.45, 2.75) is 0 Å². The fourth-order valence-electron chi connectivity index (χ4n) is 7.91. The summed E-state index contributed by atoms with van der Waals surface area (Å²) >= 11 is 0. The van der Waals surface area contributed by atoms with Crippen molar-refractivity contribution in [2.75, 3.05) is 4.90 Å². The van der Waals surface area contributed by atoms with E-state index in [-0.39, 0.29) is 0 Å². The molecule has 4 heterocycles. The summed E-state index contributed by atoms with van der Waals surface area (Å²) in [6.45, 7) is 0. The lowest BCUT2D eigenvalue weighted by atomic mass is 9.92. The van der Waals surface area contributed by atoms with Gasteiger partial charge >= 0.3 is 0 Å². The van der Waals surface area contributed by atoms with Gasteiger partial charge in [-0.15, -0.1) is 0 Å². The number of fused-ring (bicyclic) bond motifs is 12. The topological polar surface area (TPSA) is 55.3 Å². The van der Waals surface area contributed by atoms with Gasteiger partial charge in [-0.25, -0.2) is 4.98 Å². The van der Waals surface area contributed by atoms with E-state index in [2.05, 4.69) is 119 Å². The van der Waals surface area contributed by atoms with Crippen LogP contribution in [0.4, 0.5) is 17.1 Å². The third kappa shape index (κ3) is 4.15. The molecule has 238 valence electrons. The van der Waals surface area contributed by atoms with Crippen LogP contribution in [-0.4, -0.2) is 9.97 Å². The van der Waals surface area contributed by atoms with Crippen LogP contribution in [0.2, 0.25) is 0 Å². The summed E-state index contributed by atoms with van der Waals surface area (Å²) in [6.07, 6.45) is 5.53. The SMILES string of the molecule is c1ccc2c(c1)oc1c(N(c3ccc(-c4ccc5c6ccccc6c6ccccc6c5c4)cc3)c3cccc4oc5ncccc5c34)cncc12. The Labute approximate surface area is 291 Å². The van der Waals surface area contributed by atoms with Gasteiger partial charge in [0.2, 0.25) is 5.71 Å². The highest BCUT2D eigenvalue weighted by molar-refractivity contribution is 6.25. The van der Waals surface area contributed by atoms with E-state index >= 15 is 0 Å². The number of hydrogen-bond donors (Lipinski definition) is 0. The maximum absolute atomic E-state index is 6.57. The Hall–Kier alpha value is -6.98. The van der Waals surface area contributed by atoms with Gasteiger partial charge in [-0.1, -0.05) is 97.1 Å². The fraction of sp³-hybridized carbons (Fsp3) is 0. The molecule has 0 unspecified atom stereocenters. The Morgan fingerprint density at radius 1 is 0.431 bits per heavy atom. The fourth-order valence-corrected chi connectivity index (χ4v) is 7.91. The lowest BCUT2D eigenvalue weighted by Crippen LogP contribution is -2.11. The molecule has 0 aliphatic heterocycles. The Balaban J connectivity index is 1.12. The Morgan fingerprint density at radius 2 is 1.08 bits per heavy atom. The number of benzene rings is 7. The van der Waals surface area contributed by atoms with Gasteiger partial charge in [0, 0.05) is 28.9 Å². The summed E-state index contributed by atoms with van der Waals surface area (Å²) < 4.78 is 12.8. The summed E-state index contributed by atoms with van der Waals surface area (Å²) in [6, 6.07) is 51.3. The van der Waals surface area contributed by atoms with Crippen LogP contribution in [0.25, 0.3) is 87.5 Å². The van der Waals surface area contributed by atoms with E-state index in [1.54, 1.807) is 6.20 Å². The number of rotatable bonds is 4. The first-order chi connectivity index (χ1) is 25.3. The lowest BCUT2D eigenvalue weighted by Gasteiger charge is -2.26. The Morgan fingerprint density at radius 3 is 1.86 bits per heavy atom. The molecule has 5 heteroatoms. The molecule has 0 bridgehead atoms. The van der Waals surface area contributed by atoms with E-state index < -0.39 is 0 Å². The molecule has 4 aromatic heterocycles. The van der Waals surface area contributed by atoms with Gasteiger partial charge in [0.1, 0.15) is 16.9 Å². The predicted molar refractivity (Wildman–Crippen MR) is 209 cm³/mol. The largest absolute Gasteiger partial charge is 0.454 e. The molecular weight excluding hydrogens is 627 g/mol. The highest BCUT2D eigenvalue weighted by atomic mass is 16.3. The number of nitrogens with zero attached hydrogens (tertiary/aromatic N) is 3. The number of aromatic nitrogens is 2. The van der Waals surface area contributed by atoms with Crippen LogP contribution in [0.1, 0.15) is 0 Å². The highest BCUT2D eigenvalue weighted by Gasteiger charge is 2.24. The molecule has 0 saturated carbocycles. The number of para-hydroxylation sites is 1. The van der Waals surface area contributed by atoms with Crippen molar-refractivity contribution in [2.24, 2.45) is 0 Å². The van der Waals surface area contributed by atoms with E-state index in [0.717, 1.165) is 66.5 Å². The minimum atomic E-state index is 0.604. The summed E-state index contributed by atoms with van der Waals surface area (Å²) in [5.74, 6) is 0. The van der Waals surface area contributed by atoms with Crippen molar-refractivity contribution in [3.05, 3.63) is 164 Å². The second-order valence-corrected chi connectivity index (χ2v) is 13.0. The molecule has 11 aromatic rings. The van der Waals surface area contributed by atoms with Crippen molar-refractivity contribution < 1.29 is 8.83 Å². The molecule has 5 nitrogen and oxygen atoms in total. The molecule has 0 aliphatic rings. The molecule has 0 aliphatic carbocycles. The first kappa shape index (κ1) is 27.9. The van der Waals surface area contributed by atoms with Crippen LogP contribution in [-0.2, 0) is 0 Å². The molecule has 0 spiro atoms. The van der Waals surface area contributed by atoms with Crippen LogP contribution in [0, 0.1) is 0 Å². The van der Waals surface area contributed by atoms with Crippen molar-refractivity contribution in [1.82, 2.24) is 9.97 Å². The maximum atomic E-state index is 6.57. The molecule has 0 atom stereocenters. The van der Waals surface area contributed by atoms with E-state index in [1.807, 2.05) is 48.8 Å². The molecule has 0 radical (unpaired) electrons. The van der Waals surface area contributed by atoms with Crippen LogP contribution in [0.3, 0.4) is 0 Å². The quantitative estimate of drug-likeness (QED) is 0.177. The number of furan rings is 2. The number of hydrogen-bond acceptors (Lipinski definition) is 5. The van der Waals surface area contributed by atoms with E-state index in [0.29, 0.717) is 5.71 Å². The molecule has 0 saturated heterocycles. The first-order valence-electron chi connectivity index (χ1n) is 17.1. The summed E-state index contributed by atoms with van der Waals surface area (Å²) in [4.78, 5) is 11.5. The van der Waals surface area contributed by atoms with Crippen LogP contribution < -0.4 is 4.90 Å². The molecule has 51 heavy (non-hydrogen) atoms. The number of pyridine rings is 2. The molecule has 0 fully saturated rings. The standard InChI is InChI=1S/C46H27N3O2/c1-2-11-33-31(9-1)32-10-3-4-12-34(32)38-25-29(20-23-35(33)38)28-18-21-30(22-19-28)49(40-15-7-17-43-44(40)37-14-8-24-48-46(37)51-43)41-27-47-26-39-36-13-5-6-16-42(36)50-45(39)41/h1-27H. The van der Waals surface area contributed by atoms with Crippen molar-refractivity contribution in [3.63, 3.8) is 0 Å². The average molecular weight is 654 g/mol.